The van der Waals surface area contributed by atoms with Gasteiger partial charge < -0.3 is 5.73 Å². The molecule has 0 saturated heterocycles. The summed E-state index contributed by atoms with van der Waals surface area (Å²) < 4.78 is 51.4. The lowest BCUT2D eigenvalue weighted by molar-refractivity contribution is 0.566. The molecular weight excluding hydrogens is 352 g/mol. The van der Waals surface area contributed by atoms with Gasteiger partial charge in [-0.25, -0.2) is 17.2 Å². The summed E-state index contributed by atoms with van der Waals surface area (Å²) >= 11 is 2.98. The molecule has 2 aromatic carbocycles. The number of nitrogen functional groups attached to an aromatic ring is 1. The number of halogens is 3. The zero-order valence-electron chi connectivity index (χ0n) is 10.1. The highest BCUT2D eigenvalue weighted by Crippen LogP contribution is 2.26. The molecule has 0 saturated carbocycles. The third-order valence-electron chi connectivity index (χ3n) is 2.67. The lowest BCUT2D eigenvalue weighted by Gasteiger charge is -2.08. The number of rotatable bonds is 3. The molecule has 0 bridgehead atoms. The summed E-state index contributed by atoms with van der Waals surface area (Å²) in [6.07, 6.45) is 0. The number of anilines is 1. The van der Waals surface area contributed by atoms with E-state index in [1.54, 1.807) is 0 Å². The van der Waals surface area contributed by atoms with E-state index in [1.165, 1.54) is 24.3 Å². The van der Waals surface area contributed by atoms with Gasteiger partial charge in [-0.3, -0.25) is 0 Å². The van der Waals surface area contributed by atoms with Gasteiger partial charge in [-0.05, 0) is 45.8 Å². The summed E-state index contributed by atoms with van der Waals surface area (Å²) in [5.74, 6) is -2.00. The van der Waals surface area contributed by atoms with Crippen molar-refractivity contribution < 1.29 is 17.2 Å². The van der Waals surface area contributed by atoms with E-state index in [-0.39, 0.29) is 15.7 Å². The molecular formula is C13H10BrF2NO2S. The first kappa shape index (κ1) is 14.9. The fraction of sp³-hybridized carbons (Fsp3) is 0.0769. The van der Waals surface area contributed by atoms with E-state index in [2.05, 4.69) is 15.9 Å². The maximum atomic E-state index is 13.7. The van der Waals surface area contributed by atoms with Crippen LogP contribution < -0.4 is 5.73 Å². The zero-order chi connectivity index (χ0) is 14.9. The van der Waals surface area contributed by atoms with Gasteiger partial charge in [0, 0.05) is 5.69 Å². The topological polar surface area (TPSA) is 60.2 Å². The predicted molar refractivity (Wildman–Crippen MR) is 75.8 cm³/mol. The summed E-state index contributed by atoms with van der Waals surface area (Å²) in [6.45, 7) is 0. The summed E-state index contributed by atoms with van der Waals surface area (Å²) in [5, 5.41) is 0. The summed E-state index contributed by atoms with van der Waals surface area (Å²) in [5.41, 5.74) is 5.73. The molecule has 0 heterocycles. The highest BCUT2D eigenvalue weighted by molar-refractivity contribution is 9.10. The summed E-state index contributed by atoms with van der Waals surface area (Å²) in [7, 11) is -3.93. The average molecular weight is 362 g/mol. The maximum Gasteiger partial charge on any atom is 0.185 e. The van der Waals surface area contributed by atoms with E-state index in [9.17, 15) is 17.2 Å². The van der Waals surface area contributed by atoms with Crippen LogP contribution in [0.2, 0.25) is 0 Å². The number of benzene rings is 2. The van der Waals surface area contributed by atoms with Crippen LogP contribution in [0.25, 0.3) is 0 Å². The molecule has 0 aliphatic carbocycles. The van der Waals surface area contributed by atoms with Crippen molar-refractivity contribution in [3.63, 3.8) is 0 Å². The van der Waals surface area contributed by atoms with Crippen LogP contribution in [0.5, 0.6) is 0 Å². The van der Waals surface area contributed by atoms with Crippen LogP contribution in [0.3, 0.4) is 0 Å². The van der Waals surface area contributed by atoms with Crippen molar-refractivity contribution in [3.8, 4) is 0 Å². The smallest absolute Gasteiger partial charge is 0.185 e. The molecule has 2 rings (SSSR count). The van der Waals surface area contributed by atoms with E-state index in [0.717, 1.165) is 12.1 Å². The minimum absolute atomic E-state index is 0.0550. The van der Waals surface area contributed by atoms with E-state index < -0.39 is 32.1 Å². The molecule has 20 heavy (non-hydrogen) atoms. The van der Waals surface area contributed by atoms with Crippen molar-refractivity contribution in [2.75, 3.05) is 5.73 Å². The second kappa shape index (κ2) is 5.49. The molecule has 0 spiro atoms. The molecule has 0 radical (unpaired) electrons. The van der Waals surface area contributed by atoms with Crippen LogP contribution >= 0.6 is 15.9 Å². The molecule has 2 aromatic rings. The van der Waals surface area contributed by atoms with Crippen LogP contribution in [-0.2, 0) is 15.6 Å². The Labute approximate surface area is 123 Å². The Morgan fingerprint density at radius 1 is 1.10 bits per heavy atom. The van der Waals surface area contributed by atoms with Crippen LogP contribution in [0, 0.1) is 11.6 Å². The zero-order valence-corrected chi connectivity index (χ0v) is 12.5. The first-order valence-electron chi connectivity index (χ1n) is 5.52. The highest BCUT2D eigenvalue weighted by atomic mass is 79.9. The van der Waals surface area contributed by atoms with Crippen LogP contribution in [0.1, 0.15) is 5.56 Å². The van der Waals surface area contributed by atoms with Crippen molar-refractivity contribution in [1.29, 1.82) is 0 Å². The van der Waals surface area contributed by atoms with Gasteiger partial charge in [-0.15, -0.1) is 0 Å². The molecule has 0 fully saturated rings. The van der Waals surface area contributed by atoms with Crippen molar-refractivity contribution >= 4 is 31.5 Å². The highest BCUT2D eigenvalue weighted by Gasteiger charge is 2.21. The van der Waals surface area contributed by atoms with Crippen molar-refractivity contribution in [2.45, 2.75) is 10.6 Å². The van der Waals surface area contributed by atoms with Gasteiger partial charge in [0.1, 0.15) is 16.5 Å². The van der Waals surface area contributed by atoms with Crippen LogP contribution in [0.15, 0.2) is 45.8 Å². The second-order valence-electron chi connectivity index (χ2n) is 4.16. The SMILES string of the molecule is Nc1ccc(S(=O)(=O)Cc2cccc(F)c2Br)c(F)c1. The fourth-order valence-corrected chi connectivity index (χ4v) is 3.74. The molecule has 0 aliphatic rings. The average Bonchev–Trinajstić information content (AvgIpc) is 2.34. The Bertz CT molecular complexity index is 763. The Morgan fingerprint density at radius 3 is 2.45 bits per heavy atom. The molecule has 0 amide bonds. The Hall–Kier alpha value is -1.47. The van der Waals surface area contributed by atoms with E-state index >= 15 is 0 Å². The molecule has 0 aliphatic heterocycles. The van der Waals surface area contributed by atoms with Gasteiger partial charge in [0.25, 0.3) is 0 Å². The second-order valence-corrected chi connectivity index (χ2v) is 6.91. The van der Waals surface area contributed by atoms with Gasteiger partial charge in [-0.2, -0.15) is 0 Å². The number of sulfone groups is 1. The standard InChI is InChI=1S/C13H10BrF2NO2S/c14-13-8(2-1-3-10(13)15)7-20(18,19)12-5-4-9(17)6-11(12)16/h1-6H,7,17H2. The van der Waals surface area contributed by atoms with E-state index in [4.69, 9.17) is 5.73 Å². The molecule has 3 nitrogen and oxygen atoms in total. The Balaban J connectivity index is 2.44. The lowest BCUT2D eigenvalue weighted by Crippen LogP contribution is -2.08. The van der Waals surface area contributed by atoms with Crippen molar-refractivity contribution in [3.05, 3.63) is 58.1 Å². The normalized spacial score (nSPS) is 11.6. The Morgan fingerprint density at radius 2 is 1.80 bits per heavy atom. The fourth-order valence-electron chi connectivity index (χ4n) is 1.71. The lowest BCUT2D eigenvalue weighted by atomic mass is 10.2. The summed E-state index contributed by atoms with van der Waals surface area (Å²) in [4.78, 5) is -0.456. The van der Waals surface area contributed by atoms with E-state index in [0.29, 0.717) is 0 Å². The molecule has 2 N–H and O–H groups in total. The van der Waals surface area contributed by atoms with Crippen LogP contribution in [-0.4, -0.2) is 8.42 Å². The first-order chi connectivity index (χ1) is 9.31. The molecule has 0 unspecified atom stereocenters. The monoisotopic (exact) mass is 361 g/mol. The van der Waals surface area contributed by atoms with E-state index in [1.807, 2.05) is 0 Å². The minimum atomic E-state index is -3.93. The first-order valence-corrected chi connectivity index (χ1v) is 7.96. The van der Waals surface area contributed by atoms with Gasteiger partial charge >= 0.3 is 0 Å². The minimum Gasteiger partial charge on any atom is -0.399 e. The van der Waals surface area contributed by atoms with Crippen molar-refractivity contribution in [2.24, 2.45) is 0 Å². The summed E-state index contributed by atoms with van der Waals surface area (Å²) in [6, 6.07) is 7.39. The molecule has 0 atom stereocenters. The number of hydrogen-bond donors (Lipinski definition) is 1. The van der Waals surface area contributed by atoms with Gasteiger partial charge in [0.2, 0.25) is 0 Å². The molecule has 7 heteroatoms. The van der Waals surface area contributed by atoms with Gasteiger partial charge in [0.15, 0.2) is 9.84 Å². The molecule has 0 aromatic heterocycles. The number of nitrogens with two attached hydrogens (primary N) is 1. The third-order valence-corrected chi connectivity index (χ3v) is 5.25. The van der Waals surface area contributed by atoms with Gasteiger partial charge in [-0.1, -0.05) is 12.1 Å². The van der Waals surface area contributed by atoms with Gasteiger partial charge in [0.05, 0.1) is 10.2 Å². The largest absolute Gasteiger partial charge is 0.399 e. The third kappa shape index (κ3) is 2.99. The van der Waals surface area contributed by atoms with Crippen molar-refractivity contribution in [1.82, 2.24) is 0 Å². The number of hydrogen-bond acceptors (Lipinski definition) is 3. The van der Waals surface area contributed by atoms with Crippen LogP contribution in [0.4, 0.5) is 14.5 Å². The quantitative estimate of drug-likeness (QED) is 0.853. The predicted octanol–water partition coefficient (Wildman–Crippen LogP) is 3.28. The Kier molecular flexibility index (Phi) is 4.10. The maximum absolute atomic E-state index is 13.7. The molecule has 106 valence electrons.